The molecule has 1 aliphatic carbocycles. The van der Waals surface area contributed by atoms with Crippen LogP contribution in [0.15, 0.2) is 17.8 Å². The van der Waals surface area contributed by atoms with Crippen molar-refractivity contribution in [3.8, 4) is 0 Å². The molecular weight excluding hydrogens is 358 g/mol. The first kappa shape index (κ1) is 19.6. The predicted octanol–water partition coefficient (Wildman–Crippen LogP) is 2.43. The van der Waals surface area contributed by atoms with E-state index in [2.05, 4.69) is 30.2 Å². The maximum Gasteiger partial charge on any atom is 0.311 e. The number of fused-ring (bicyclic) bond motifs is 3. The van der Waals surface area contributed by atoms with Crippen LogP contribution in [0.3, 0.4) is 0 Å². The molecule has 1 aromatic rings. The Hall–Kier alpha value is -1.73. The number of hydrogen-bond acceptors (Lipinski definition) is 6. The summed E-state index contributed by atoms with van der Waals surface area (Å²) in [7, 11) is 0. The minimum absolute atomic E-state index is 0.0167. The molecule has 0 bridgehead atoms. The maximum atomic E-state index is 12.7. The molecule has 154 valence electrons. The lowest BCUT2D eigenvalue weighted by atomic mass is 9.80. The highest BCUT2D eigenvalue weighted by Gasteiger charge is 2.62. The number of hydrogen-bond donors (Lipinski definition) is 1. The number of carbonyl (C=O) groups excluding carboxylic acids is 1. The van der Waals surface area contributed by atoms with E-state index in [0.29, 0.717) is 6.54 Å². The van der Waals surface area contributed by atoms with Gasteiger partial charge in [0.1, 0.15) is 12.2 Å². The highest BCUT2D eigenvalue weighted by Crippen LogP contribution is 2.50. The maximum absolute atomic E-state index is 12.7. The summed E-state index contributed by atoms with van der Waals surface area (Å²) in [5.41, 5.74) is 2.12. The Morgan fingerprint density at radius 2 is 2.25 bits per heavy atom. The van der Waals surface area contributed by atoms with Gasteiger partial charge in [-0.25, -0.2) is 0 Å². The number of aliphatic hydroxyl groups is 1. The highest BCUT2D eigenvalue weighted by molar-refractivity contribution is 5.75. The molecule has 1 aromatic heterocycles. The Morgan fingerprint density at radius 3 is 3.07 bits per heavy atom. The van der Waals surface area contributed by atoms with Crippen LogP contribution < -0.4 is 0 Å². The van der Waals surface area contributed by atoms with E-state index >= 15 is 0 Å². The van der Waals surface area contributed by atoms with E-state index in [-0.39, 0.29) is 42.2 Å². The monoisotopic (exact) mass is 389 g/mol. The number of aromatic nitrogens is 3. The molecule has 0 unspecified atom stereocenters. The molecule has 1 N–H and O–H groups in total. The molecule has 0 radical (unpaired) electrons. The minimum atomic E-state index is -0.210. The largest absolute Gasteiger partial charge is 0.459 e. The molecule has 28 heavy (non-hydrogen) atoms. The van der Waals surface area contributed by atoms with Gasteiger partial charge in [0, 0.05) is 18.7 Å². The van der Waals surface area contributed by atoms with Crippen molar-refractivity contribution < 1.29 is 19.4 Å². The van der Waals surface area contributed by atoms with Crippen molar-refractivity contribution in [2.24, 2.45) is 11.8 Å². The molecule has 3 heterocycles. The summed E-state index contributed by atoms with van der Waals surface area (Å²) in [6, 6.07) is 0. The molecule has 3 aliphatic rings. The summed E-state index contributed by atoms with van der Waals surface area (Å²) < 4.78 is 13.7. The van der Waals surface area contributed by atoms with E-state index in [1.54, 1.807) is 4.68 Å². The Morgan fingerprint density at radius 1 is 1.39 bits per heavy atom. The Labute approximate surface area is 166 Å². The third-order valence-electron chi connectivity index (χ3n) is 6.55. The van der Waals surface area contributed by atoms with E-state index in [1.165, 1.54) is 5.57 Å². The topological polar surface area (TPSA) is 89.8 Å². The second kappa shape index (κ2) is 7.95. The summed E-state index contributed by atoms with van der Waals surface area (Å²) in [5, 5.41) is 17.3. The van der Waals surface area contributed by atoms with Crippen LogP contribution in [0.4, 0.5) is 0 Å². The Balaban J connectivity index is 1.47. The highest BCUT2D eigenvalue weighted by atomic mass is 16.6. The second-order valence-corrected chi connectivity index (χ2v) is 8.76. The number of aryl methyl sites for hydroxylation is 1. The van der Waals surface area contributed by atoms with Crippen molar-refractivity contribution in [1.82, 2.24) is 15.0 Å². The second-order valence-electron chi connectivity index (χ2n) is 8.76. The van der Waals surface area contributed by atoms with Gasteiger partial charge in [0.05, 0.1) is 23.8 Å². The standard InChI is InChI=1S/C21H31N3O4/c1-14-6-5-10-21(2)19(28-21)18-16(9-8-14)17(20(26)27-18)13-24-12-15(22-23-24)7-3-4-11-25/h6,12,16-19,25H,3-5,7-11,13H2,1-2H3/b14-6+/t16-,17-,18-,19+,21+/m0/s1. The average molecular weight is 389 g/mol. The van der Waals surface area contributed by atoms with Gasteiger partial charge in [-0.15, -0.1) is 5.10 Å². The van der Waals surface area contributed by atoms with Gasteiger partial charge in [-0.3, -0.25) is 9.48 Å². The van der Waals surface area contributed by atoms with Crippen LogP contribution in [0.25, 0.3) is 0 Å². The van der Waals surface area contributed by atoms with Crippen molar-refractivity contribution in [2.75, 3.05) is 6.61 Å². The van der Waals surface area contributed by atoms with Crippen LogP contribution >= 0.6 is 0 Å². The predicted molar refractivity (Wildman–Crippen MR) is 102 cm³/mol. The normalized spacial score (nSPS) is 36.8. The molecule has 0 saturated carbocycles. The van der Waals surface area contributed by atoms with Crippen LogP contribution in [0, 0.1) is 11.8 Å². The molecule has 2 fully saturated rings. The molecule has 4 rings (SSSR count). The van der Waals surface area contributed by atoms with E-state index < -0.39 is 0 Å². The first-order chi connectivity index (χ1) is 13.5. The zero-order chi connectivity index (χ0) is 19.7. The van der Waals surface area contributed by atoms with Crippen molar-refractivity contribution in [3.63, 3.8) is 0 Å². The van der Waals surface area contributed by atoms with Crippen LogP contribution in [0.5, 0.6) is 0 Å². The van der Waals surface area contributed by atoms with Crippen LogP contribution in [-0.2, 0) is 27.2 Å². The summed E-state index contributed by atoms with van der Waals surface area (Å²) in [4.78, 5) is 12.7. The minimum Gasteiger partial charge on any atom is -0.459 e. The van der Waals surface area contributed by atoms with Gasteiger partial charge < -0.3 is 14.6 Å². The van der Waals surface area contributed by atoms with Gasteiger partial charge in [-0.1, -0.05) is 16.9 Å². The number of ether oxygens (including phenoxy) is 2. The molecule has 7 nitrogen and oxygen atoms in total. The lowest BCUT2D eigenvalue weighted by Crippen LogP contribution is -2.31. The number of aliphatic hydroxyl groups excluding tert-OH is 1. The molecule has 0 spiro atoms. The number of epoxide rings is 1. The molecule has 0 amide bonds. The number of allylic oxidation sites excluding steroid dienone is 2. The summed E-state index contributed by atoms with van der Waals surface area (Å²) in [6.45, 7) is 5.00. The van der Waals surface area contributed by atoms with Gasteiger partial charge in [0.25, 0.3) is 0 Å². The number of unbranched alkanes of at least 4 members (excludes halogenated alkanes) is 1. The molecular formula is C21H31N3O4. The summed E-state index contributed by atoms with van der Waals surface area (Å²) in [5.74, 6) is -0.202. The summed E-state index contributed by atoms with van der Waals surface area (Å²) in [6.07, 6.45) is 10.4. The Kier molecular flexibility index (Phi) is 5.56. The quantitative estimate of drug-likeness (QED) is 0.348. The van der Waals surface area contributed by atoms with Crippen molar-refractivity contribution in [1.29, 1.82) is 0 Å². The third kappa shape index (κ3) is 4.01. The lowest BCUT2D eigenvalue weighted by Gasteiger charge is -2.22. The van der Waals surface area contributed by atoms with Crippen LogP contribution in [-0.4, -0.2) is 50.5 Å². The molecule has 2 aliphatic heterocycles. The van der Waals surface area contributed by atoms with Gasteiger partial charge in [0.15, 0.2) is 0 Å². The van der Waals surface area contributed by atoms with E-state index in [1.807, 2.05) is 6.20 Å². The molecule has 2 saturated heterocycles. The fourth-order valence-electron chi connectivity index (χ4n) is 4.71. The van der Waals surface area contributed by atoms with Gasteiger partial charge in [0.2, 0.25) is 0 Å². The number of esters is 1. The smallest absolute Gasteiger partial charge is 0.311 e. The average Bonchev–Trinajstić information content (AvgIpc) is 2.98. The molecule has 7 heteroatoms. The van der Waals surface area contributed by atoms with Crippen molar-refractivity contribution in [3.05, 3.63) is 23.5 Å². The lowest BCUT2D eigenvalue weighted by molar-refractivity contribution is -0.145. The van der Waals surface area contributed by atoms with E-state index in [4.69, 9.17) is 14.6 Å². The van der Waals surface area contributed by atoms with Crippen molar-refractivity contribution >= 4 is 5.97 Å². The van der Waals surface area contributed by atoms with Gasteiger partial charge >= 0.3 is 5.97 Å². The van der Waals surface area contributed by atoms with E-state index in [9.17, 15) is 4.79 Å². The Bertz CT molecular complexity index is 746. The first-order valence-electron chi connectivity index (χ1n) is 10.5. The number of carbonyl (C=O) groups is 1. The third-order valence-corrected chi connectivity index (χ3v) is 6.55. The molecule has 0 aromatic carbocycles. The fourth-order valence-corrected chi connectivity index (χ4v) is 4.71. The number of rotatable bonds is 6. The van der Waals surface area contributed by atoms with Gasteiger partial charge in [-0.05, 0) is 58.8 Å². The zero-order valence-corrected chi connectivity index (χ0v) is 16.8. The van der Waals surface area contributed by atoms with Crippen LogP contribution in [0.1, 0.15) is 58.1 Å². The SMILES string of the molecule is C/C1=C\CC[C@@]2(C)O[C@@H]2[C@H]2OC(=O)[C@@H](Cn3cc(CCCCO)nn3)[C@@H]2CC1. The van der Waals surface area contributed by atoms with E-state index in [0.717, 1.165) is 50.6 Å². The molecule has 5 atom stereocenters. The van der Waals surface area contributed by atoms with Crippen molar-refractivity contribution in [2.45, 2.75) is 83.1 Å². The first-order valence-corrected chi connectivity index (χ1v) is 10.5. The van der Waals surface area contributed by atoms with Gasteiger partial charge in [-0.2, -0.15) is 0 Å². The number of nitrogens with zero attached hydrogens (tertiary/aromatic N) is 3. The fraction of sp³-hybridized carbons (Fsp3) is 0.762. The zero-order valence-electron chi connectivity index (χ0n) is 16.8. The van der Waals surface area contributed by atoms with Crippen LogP contribution in [0.2, 0.25) is 0 Å². The summed E-state index contributed by atoms with van der Waals surface area (Å²) >= 11 is 0.